The number of hydrogen-bond acceptors (Lipinski definition) is 4. The predicted octanol–water partition coefficient (Wildman–Crippen LogP) is 1.43. The standard InChI is InChI=1S/C12H14ClN5O/c1-3-4-18-12(19)11(13)10(7-16-18)14-5-9-6-15-17(2)8-9/h3,6-8,14H,1,4-5H2,2H3. The van der Waals surface area contributed by atoms with E-state index in [1.165, 1.54) is 10.9 Å². The van der Waals surface area contributed by atoms with E-state index in [0.717, 1.165) is 5.56 Å². The Morgan fingerprint density at radius 2 is 2.26 bits per heavy atom. The lowest BCUT2D eigenvalue weighted by atomic mass is 10.3. The molecule has 0 bridgehead atoms. The summed E-state index contributed by atoms with van der Waals surface area (Å²) in [6.07, 6.45) is 6.75. The summed E-state index contributed by atoms with van der Waals surface area (Å²) in [5.74, 6) is 0. The highest BCUT2D eigenvalue weighted by Crippen LogP contribution is 2.16. The third kappa shape index (κ3) is 3.03. The largest absolute Gasteiger partial charge is 0.378 e. The Bertz CT molecular complexity index is 646. The van der Waals surface area contributed by atoms with Crippen molar-refractivity contribution in [2.75, 3.05) is 5.32 Å². The van der Waals surface area contributed by atoms with Crippen LogP contribution in [0.4, 0.5) is 5.69 Å². The molecule has 0 saturated heterocycles. The summed E-state index contributed by atoms with van der Waals surface area (Å²) in [6, 6.07) is 0. The lowest BCUT2D eigenvalue weighted by molar-refractivity contribution is 0.653. The van der Waals surface area contributed by atoms with Crippen LogP contribution in [0.1, 0.15) is 5.56 Å². The summed E-state index contributed by atoms with van der Waals surface area (Å²) in [5, 5.41) is 11.3. The molecule has 0 atom stereocenters. The molecule has 0 saturated carbocycles. The van der Waals surface area contributed by atoms with Crippen LogP contribution >= 0.6 is 11.6 Å². The van der Waals surface area contributed by atoms with Gasteiger partial charge in [0.25, 0.3) is 5.56 Å². The van der Waals surface area contributed by atoms with E-state index in [9.17, 15) is 4.79 Å². The molecule has 0 aliphatic rings. The average molecular weight is 280 g/mol. The second-order valence-electron chi connectivity index (χ2n) is 4.02. The summed E-state index contributed by atoms with van der Waals surface area (Å²) < 4.78 is 2.96. The molecule has 100 valence electrons. The number of aromatic nitrogens is 4. The van der Waals surface area contributed by atoms with E-state index >= 15 is 0 Å². The molecule has 19 heavy (non-hydrogen) atoms. The molecule has 0 radical (unpaired) electrons. The summed E-state index contributed by atoms with van der Waals surface area (Å²) >= 11 is 6.01. The van der Waals surface area contributed by atoms with E-state index in [4.69, 9.17) is 11.6 Å². The van der Waals surface area contributed by atoms with Crippen molar-refractivity contribution in [1.82, 2.24) is 19.6 Å². The van der Waals surface area contributed by atoms with E-state index in [1.807, 2.05) is 13.2 Å². The highest BCUT2D eigenvalue weighted by atomic mass is 35.5. The zero-order valence-electron chi connectivity index (χ0n) is 10.5. The number of nitrogens with zero attached hydrogens (tertiary/aromatic N) is 4. The highest BCUT2D eigenvalue weighted by Gasteiger charge is 2.08. The number of hydrogen-bond donors (Lipinski definition) is 1. The van der Waals surface area contributed by atoms with Crippen molar-refractivity contribution in [3.8, 4) is 0 Å². The van der Waals surface area contributed by atoms with Crippen LogP contribution in [0.2, 0.25) is 5.02 Å². The zero-order valence-corrected chi connectivity index (χ0v) is 11.3. The van der Waals surface area contributed by atoms with Crippen molar-refractivity contribution < 1.29 is 0 Å². The van der Waals surface area contributed by atoms with Gasteiger partial charge in [0.05, 0.1) is 24.6 Å². The predicted molar refractivity (Wildman–Crippen MR) is 74.2 cm³/mol. The minimum Gasteiger partial charge on any atom is -0.378 e. The minimum atomic E-state index is -0.335. The molecule has 2 aromatic rings. The second kappa shape index (κ2) is 5.71. The highest BCUT2D eigenvalue weighted by molar-refractivity contribution is 6.32. The van der Waals surface area contributed by atoms with Gasteiger partial charge in [0.2, 0.25) is 0 Å². The molecule has 0 fully saturated rings. The van der Waals surface area contributed by atoms with Gasteiger partial charge >= 0.3 is 0 Å². The molecule has 2 heterocycles. The van der Waals surface area contributed by atoms with Crippen LogP contribution in [0, 0.1) is 0 Å². The minimum absolute atomic E-state index is 0.126. The fraction of sp³-hybridized carbons (Fsp3) is 0.250. The molecule has 1 N–H and O–H groups in total. The fourth-order valence-electron chi connectivity index (χ4n) is 1.60. The maximum absolute atomic E-state index is 11.9. The van der Waals surface area contributed by atoms with Crippen molar-refractivity contribution in [3.63, 3.8) is 0 Å². The van der Waals surface area contributed by atoms with E-state index < -0.39 is 0 Å². The fourth-order valence-corrected chi connectivity index (χ4v) is 1.81. The Morgan fingerprint density at radius 1 is 1.47 bits per heavy atom. The van der Waals surface area contributed by atoms with Crippen LogP contribution in [-0.4, -0.2) is 19.6 Å². The van der Waals surface area contributed by atoms with Gasteiger partial charge in [-0.15, -0.1) is 6.58 Å². The Morgan fingerprint density at radius 3 is 2.89 bits per heavy atom. The molecule has 0 aliphatic carbocycles. The van der Waals surface area contributed by atoms with Crippen molar-refractivity contribution in [2.45, 2.75) is 13.1 Å². The number of halogens is 1. The maximum atomic E-state index is 11.9. The third-order valence-corrected chi connectivity index (χ3v) is 2.89. The van der Waals surface area contributed by atoms with Gasteiger partial charge in [-0.1, -0.05) is 17.7 Å². The van der Waals surface area contributed by atoms with Crippen LogP contribution in [0.25, 0.3) is 0 Å². The molecule has 7 heteroatoms. The molecule has 6 nitrogen and oxygen atoms in total. The Balaban J connectivity index is 2.15. The van der Waals surface area contributed by atoms with Gasteiger partial charge in [-0.3, -0.25) is 9.48 Å². The Hall–Kier alpha value is -2.08. The molecule has 0 aliphatic heterocycles. The second-order valence-corrected chi connectivity index (χ2v) is 4.40. The molecule has 2 rings (SSSR count). The van der Waals surface area contributed by atoms with Gasteiger partial charge in [0, 0.05) is 25.4 Å². The topological polar surface area (TPSA) is 64.7 Å². The monoisotopic (exact) mass is 279 g/mol. The van der Waals surface area contributed by atoms with E-state index in [1.54, 1.807) is 17.0 Å². The smallest absolute Gasteiger partial charge is 0.287 e. The van der Waals surface area contributed by atoms with E-state index in [0.29, 0.717) is 18.8 Å². The normalized spacial score (nSPS) is 10.4. The van der Waals surface area contributed by atoms with Crippen molar-refractivity contribution in [1.29, 1.82) is 0 Å². The first-order valence-electron chi connectivity index (χ1n) is 5.69. The number of allylic oxidation sites excluding steroid dienone is 1. The molecule has 2 aromatic heterocycles. The van der Waals surface area contributed by atoms with Crippen LogP contribution in [0.15, 0.2) is 36.0 Å². The van der Waals surface area contributed by atoms with Crippen molar-refractivity contribution >= 4 is 17.3 Å². The first kappa shape index (κ1) is 13.4. The zero-order chi connectivity index (χ0) is 13.8. The summed E-state index contributed by atoms with van der Waals surface area (Å²) in [5.41, 5.74) is 1.17. The molecular formula is C12H14ClN5O. The molecule has 0 unspecified atom stereocenters. The quantitative estimate of drug-likeness (QED) is 0.841. The van der Waals surface area contributed by atoms with Gasteiger partial charge in [0.15, 0.2) is 0 Å². The number of nitrogens with one attached hydrogen (secondary N) is 1. The van der Waals surface area contributed by atoms with Crippen molar-refractivity contribution in [2.24, 2.45) is 7.05 Å². The molecule has 0 aromatic carbocycles. The maximum Gasteiger partial charge on any atom is 0.287 e. The summed E-state index contributed by atoms with van der Waals surface area (Å²) in [6.45, 7) is 4.42. The average Bonchev–Trinajstić information content (AvgIpc) is 2.80. The summed E-state index contributed by atoms with van der Waals surface area (Å²) in [7, 11) is 1.84. The number of anilines is 1. The lowest BCUT2D eigenvalue weighted by Gasteiger charge is -2.08. The van der Waals surface area contributed by atoms with Crippen LogP contribution in [0.3, 0.4) is 0 Å². The number of aryl methyl sites for hydroxylation is 1. The first-order chi connectivity index (χ1) is 9.11. The Labute approximate surface area is 115 Å². The van der Waals surface area contributed by atoms with Crippen LogP contribution in [-0.2, 0) is 20.1 Å². The van der Waals surface area contributed by atoms with Crippen molar-refractivity contribution in [3.05, 3.63) is 52.2 Å². The first-order valence-corrected chi connectivity index (χ1v) is 6.07. The number of rotatable bonds is 5. The molecular weight excluding hydrogens is 266 g/mol. The van der Waals surface area contributed by atoms with Gasteiger partial charge in [-0.2, -0.15) is 10.2 Å². The van der Waals surface area contributed by atoms with Gasteiger partial charge in [0.1, 0.15) is 5.02 Å². The molecule has 0 spiro atoms. The van der Waals surface area contributed by atoms with Gasteiger partial charge < -0.3 is 5.32 Å². The third-order valence-electron chi connectivity index (χ3n) is 2.53. The van der Waals surface area contributed by atoms with Gasteiger partial charge in [-0.25, -0.2) is 4.68 Å². The summed E-state index contributed by atoms with van der Waals surface area (Å²) in [4.78, 5) is 11.9. The van der Waals surface area contributed by atoms with Gasteiger partial charge in [-0.05, 0) is 0 Å². The molecule has 0 amide bonds. The van der Waals surface area contributed by atoms with E-state index in [-0.39, 0.29) is 10.6 Å². The van der Waals surface area contributed by atoms with Crippen LogP contribution < -0.4 is 10.9 Å². The lowest BCUT2D eigenvalue weighted by Crippen LogP contribution is -2.23. The van der Waals surface area contributed by atoms with Crippen LogP contribution in [0.5, 0.6) is 0 Å². The van der Waals surface area contributed by atoms with E-state index in [2.05, 4.69) is 22.1 Å². The Kier molecular flexibility index (Phi) is 4.01. The SMILES string of the molecule is C=CCn1ncc(NCc2cnn(C)c2)c(Cl)c1=O.